The van der Waals surface area contributed by atoms with Crippen molar-refractivity contribution < 1.29 is 45.7 Å². The molecule has 36 heavy (non-hydrogen) atoms. The van der Waals surface area contributed by atoms with Crippen molar-refractivity contribution in [2.45, 2.75) is 29.5 Å². The summed E-state index contributed by atoms with van der Waals surface area (Å²) in [6, 6.07) is 7.69. The predicted octanol–water partition coefficient (Wildman–Crippen LogP) is 6.20. The van der Waals surface area contributed by atoms with Gasteiger partial charge in [-0.25, -0.2) is 0 Å². The molecule has 1 N–H and O–H groups in total. The molecule has 2 atom stereocenters. The highest BCUT2D eigenvalue weighted by molar-refractivity contribution is 8.00. The number of hydrogen-bond acceptors (Lipinski definition) is 6. The lowest BCUT2D eigenvalue weighted by molar-refractivity contribution is -0.275. The number of hydrogen-bond donors (Lipinski definition) is 1. The predicted molar refractivity (Wildman–Crippen MR) is 115 cm³/mol. The molecular formula is C21H14ClF6N3O4S. The van der Waals surface area contributed by atoms with Crippen LogP contribution in [0.3, 0.4) is 0 Å². The van der Waals surface area contributed by atoms with E-state index in [4.69, 9.17) is 16.3 Å². The fraction of sp³-hybridized carbons (Fsp3) is 0.286. The molecule has 192 valence electrons. The van der Waals surface area contributed by atoms with Crippen molar-refractivity contribution in [3.8, 4) is 17.2 Å². The van der Waals surface area contributed by atoms with E-state index in [1.807, 2.05) is 0 Å². The van der Waals surface area contributed by atoms with Gasteiger partial charge in [0.1, 0.15) is 0 Å². The lowest BCUT2D eigenvalue weighted by Crippen LogP contribution is -2.19. The molecular weight excluding hydrogens is 540 g/mol. The van der Waals surface area contributed by atoms with Gasteiger partial charge in [-0.2, -0.15) is 13.2 Å². The number of nitrogens with zero attached hydrogens (tertiary/aromatic N) is 3. The van der Waals surface area contributed by atoms with Crippen LogP contribution < -0.4 is 9.47 Å². The van der Waals surface area contributed by atoms with Gasteiger partial charge in [0.05, 0.1) is 29.7 Å². The minimum absolute atomic E-state index is 0.0622. The highest BCUT2D eigenvalue weighted by Gasteiger charge is 2.44. The average molecular weight is 554 g/mol. The van der Waals surface area contributed by atoms with Gasteiger partial charge in [-0.15, -0.1) is 35.1 Å². The molecule has 1 aromatic heterocycles. The highest BCUT2D eigenvalue weighted by atomic mass is 35.5. The molecule has 0 spiro atoms. The standard InChI is InChI=1S/C21H14ClF6N3O4S/c1-34-13-4-2-3-10(16(13)35-21(26,27)28)17-11-7-9(22)5-6-12(11)31-18(14(36-17)8-15(32)33)29-30-19(31)20(23,24)25/h2-7,14,17H,8H2,1H3,(H,32,33)/t14-,17-/m1/s1. The molecule has 2 aromatic carbocycles. The number of thioether (sulfide) groups is 1. The Labute approximate surface area is 208 Å². The third kappa shape index (κ3) is 5.05. The summed E-state index contributed by atoms with van der Waals surface area (Å²) in [7, 11) is 1.12. The maximum atomic E-state index is 13.8. The van der Waals surface area contributed by atoms with Gasteiger partial charge in [0, 0.05) is 10.6 Å². The molecule has 0 aliphatic carbocycles. The lowest BCUT2D eigenvalue weighted by atomic mass is 10.0. The molecule has 4 rings (SSSR count). The van der Waals surface area contributed by atoms with Crippen LogP contribution in [0.5, 0.6) is 11.5 Å². The Kier molecular flexibility index (Phi) is 6.77. The second-order valence-electron chi connectivity index (χ2n) is 7.45. The van der Waals surface area contributed by atoms with E-state index in [-0.39, 0.29) is 33.4 Å². The average Bonchev–Trinajstić information content (AvgIpc) is 3.16. The maximum Gasteiger partial charge on any atom is 0.573 e. The molecule has 0 bridgehead atoms. The van der Waals surface area contributed by atoms with Crippen molar-refractivity contribution in [2.75, 3.05) is 7.11 Å². The third-order valence-corrected chi connectivity index (χ3v) is 6.85. The first-order valence-corrected chi connectivity index (χ1v) is 11.2. The van der Waals surface area contributed by atoms with Crippen molar-refractivity contribution >= 4 is 29.3 Å². The number of methoxy groups -OCH3 is 1. The molecule has 3 aromatic rings. The minimum atomic E-state index is -5.13. The van der Waals surface area contributed by atoms with Crippen LogP contribution in [0, 0.1) is 0 Å². The highest BCUT2D eigenvalue weighted by Crippen LogP contribution is 2.55. The van der Waals surface area contributed by atoms with Crippen LogP contribution >= 0.6 is 23.4 Å². The molecule has 1 aliphatic rings. The van der Waals surface area contributed by atoms with Gasteiger partial charge in [-0.3, -0.25) is 9.36 Å². The molecule has 0 fully saturated rings. The Hall–Kier alpha value is -3.13. The van der Waals surface area contributed by atoms with Crippen molar-refractivity contribution in [3.63, 3.8) is 0 Å². The fourth-order valence-electron chi connectivity index (χ4n) is 3.83. The topological polar surface area (TPSA) is 86.5 Å². The fourth-order valence-corrected chi connectivity index (χ4v) is 5.52. The van der Waals surface area contributed by atoms with Crippen LogP contribution in [0.2, 0.25) is 5.02 Å². The number of alkyl halides is 6. The van der Waals surface area contributed by atoms with Crippen LogP contribution in [0.25, 0.3) is 5.69 Å². The molecule has 0 unspecified atom stereocenters. The summed E-state index contributed by atoms with van der Waals surface area (Å²) in [5, 5.41) is 14.0. The summed E-state index contributed by atoms with van der Waals surface area (Å²) < 4.78 is 91.4. The zero-order valence-electron chi connectivity index (χ0n) is 17.9. The van der Waals surface area contributed by atoms with E-state index in [0.29, 0.717) is 4.57 Å². The Morgan fingerprint density at radius 2 is 1.86 bits per heavy atom. The van der Waals surface area contributed by atoms with Crippen molar-refractivity contribution in [2.24, 2.45) is 0 Å². The van der Waals surface area contributed by atoms with Gasteiger partial charge in [-0.1, -0.05) is 23.7 Å². The lowest BCUT2D eigenvalue weighted by Gasteiger charge is -2.24. The molecule has 0 saturated heterocycles. The van der Waals surface area contributed by atoms with Crippen LogP contribution in [0.1, 0.15) is 39.7 Å². The second-order valence-corrected chi connectivity index (χ2v) is 9.20. The van der Waals surface area contributed by atoms with E-state index in [2.05, 4.69) is 14.9 Å². The minimum Gasteiger partial charge on any atom is -0.493 e. The van der Waals surface area contributed by atoms with E-state index >= 15 is 0 Å². The summed E-state index contributed by atoms with van der Waals surface area (Å²) in [6.45, 7) is 0. The monoisotopic (exact) mass is 553 g/mol. The van der Waals surface area contributed by atoms with Crippen LogP contribution in [-0.4, -0.2) is 39.3 Å². The number of carboxylic acid groups (broad SMARTS) is 1. The molecule has 2 heterocycles. The Morgan fingerprint density at radius 1 is 1.14 bits per heavy atom. The van der Waals surface area contributed by atoms with Gasteiger partial charge < -0.3 is 14.6 Å². The number of carbonyl (C=O) groups is 1. The van der Waals surface area contributed by atoms with Crippen molar-refractivity contribution in [1.29, 1.82) is 0 Å². The zero-order chi connectivity index (χ0) is 26.4. The molecule has 0 radical (unpaired) electrons. The van der Waals surface area contributed by atoms with E-state index in [1.165, 1.54) is 36.4 Å². The number of halogens is 7. The molecule has 0 saturated carbocycles. The number of carboxylic acids is 1. The van der Waals surface area contributed by atoms with Gasteiger partial charge in [-0.05, 0) is 29.8 Å². The van der Waals surface area contributed by atoms with Crippen LogP contribution in [-0.2, 0) is 11.0 Å². The number of para-hydroxylation sites is 1. The van der Waals surface area contributed by atoms with E-state index in [9.17, 15) is 36.2 Å². The Balaban J connectivity index is 2.03. The number of ether oxygens (including phenoxy) is 2. The van der Waals surface area contributed by atoms with Crippen molar-refractivity contribution in [1.82, 2.24) is 14.8 Å². The first-order chi connectivity index (χ1) is 16.8. The van der Waals surface area contributed by atoms with Crippen molar-refractivity contribution in [3.05, 3.63) is 64.2 Å². The number of aliphatic carboxylic acids is 1. The van der Waals surface area contributed by atoms with Gasteiger partial charge in [0.15, 0.2) is 17.3 Å². The summed E-state index contributed by atoms with van der Waals surface area (Å²) in [5.41, 5.74) is -0.187. The molecule has 15 heteroatoms. The largest absolute Gasteiger partial charge is 0.573 e. The van der Waals surface area contributed by atoms with E-state index in [1.54, 1.807) is 0 Å². The van der Waals surface area contributed by atoms with E-state index < -0.39 is 47.0 Å². The smallest absolute Gasteiger partial charge is 0.493 e. The SMILES string of the molecule is COc1cccc([C@H]2S[C@H](CC(=O)O)c3nnc(C(F)(F)F)n3-c3ccc(Cl)cc32)c1OC(F)(F)F. The normalized spacial score (nSPS) is 17.7. The summed E-state index contributed by atoms with van der Waals surface area (Å²) in [6.07, 6.45) is -10.8. The first kappa shape index (κ1) is 25.9. The maximum absolute atomic E-state index is 13.8. The summed E-state index contributed by atoms with van der Waals surface area (Å²) in [5.74, 6) is -4.13. The number of benzene rings is 2. The Bertz CT molecular complexity index is 1310. The van der Waals surface area contributed by atoms with Crippen LogP contribution in [0.15, 0.2) is 36.4 Å². The summed E-state index contributed by atoms with van der Waals surface area (Å²) in [4.78, 5) is 11.6. The molecule has 0 amide bonds. The van der Waals surface area contributed by atoms with Gasteiger partial charge in [0.25, 0.3) is 0 Å². The molecule has 1 aliphatic heterocycles. The summed E-state index contributed by atoms with van der Waals surface area (Å²) >= 11 is 6.92. The number of aromatic nitrogens is 3. The quantitative estimate of drug-likeness (QED) is 0.377. The second kappa shape index (κ2) is 9.39. The Morgan fingerprint density at radius 3 is 2.47 bits per heavy atom. The van der Waals surface area contributed by atoms with Crippen LogP contribution in [0.4, 0.5) is 26.3 Å². The number of rotatable bonds is 5. The van der Waals surface area contributed by atoms with E-state index in [0.717, 1.165) is 18.9 Å². The molecule has 7 nitrogen and oxygen atoms in total. The number of fused-ring (bicyclic) bond motifs is 3. The third-order valence-electron chi connectivity index (χ3n) is 5.13. The van der Waals surface area contributed by atoms with Gasteiger partial charge >= 0.3 is 18.5 Å². The first-order valence-electron chi connectivity index (χ1n) is 9.92. The van der Waals surface area contributed by atoms with Gasteiger partial charge in [0.2, 0.25) is 5.82 Å². The zero-order valence-corrected chi connectivity index (χ0v) is 19.5.